The first-order valence-electron chi connectivity index (χ1n) is 4.80. The largest absolute Gasteiger partial charge is 0.396 e. The summed E-state index contributed by atoms with van der Waals surface area (Å²) in [5.41, 5.74) is 7.06. The van der Waals surface area contributed by atoms with E-state index in [9.17, 15) is 0 Å². The van der Waals surface area contributed by atoms with Crippen molar-refractivity contribution < 1.29 is 5.11 Å². The van der Waals surface area contributed by atoms with Crippen molar-refractivity contribution in [3.8, 4) is 0 Å². The third-order valence-electron chi connectivity index (χ3n) is 3.23. The summed E-state index contributed by atoms with van der Waals surface area (Å²) < 4.78 is 1.10. The highest BCUT2D eigenvalue weighted by Gasteiger charge is 2.54. The Hall–Kier alpha value is -0.380. The zero-order chi connectivity index (χ0) is 10.2. The second kappa shape index (κ2) is 3.65. The molecule has 1 aliphatic rings. The summed E-state index contributed by atoms with van der Waals surface area (Å²) in [4.78, 5) is 0. The van der Waals surface area contributed by atoms with E-state index in [2.05, 4.69) is 22.0 Å². The van der Waals surface area contributed by atoms with Gasteiger partial charge in [0.1, 0.15) is 0 Å². The summed E-state index contributed by atoms with van der Waals surface area (Å²) in [6.07, 6.45) is 1.00. The fourth-order valence-corrected chi connectivity index (χ4v) is 2.85. The molecule has 0 aromatic heterocycles. The average molecular weight is 256 g/mol. The number of hydrogen-bond acceptors (Lipinski definition) is 2. The molecule has 1 aromatic carbocycles. The van der Waals surface area contributed by atoms with Crippen LogP contribution in [0.5, 0.6) is 0 Å². The highest BCUT2D eigenvalue weighted by atomic mass is 79.9. The maximum absolute atomic E-state index is 9.15. The number of rotatable bonds is 3. The first kappa shape index (κ1) is 10.1. The Morgan fingerprint density at radius 1 is 1.50 bits per heavy atom. The molecule has 3 N–H and O–H groups in total. The lowest BCUT2D eigenvalue weighted by molar-refractivity contribution is 0.264. The van der Waals surface area contributed by atoms with E-state index in [1.807, 2.05) is 18.2 Å². The van der Waals surface area contributed by atoms with Crippen LogP contribution in [-0.2, 0) is 5.41 Å². The third kappa shape index (κ3) is 1.40. The lowest BCUT2D eigenvalue weighted by Crippen LogP contribution is -2.23. The molecule has 0 saturated heterocycles. The molecule has 1 aromatic rings. The first-order chi connectivity index (χ1) is 6.74. The predicted molar refractivity (Wildman–Crippen MR) is 60.1 cm³/mol. The lowest BCUT2D eigenvalue weighted by atomic mass is 9.93. The second-order valence-electron chi connectivity index (χ2n) is 3.92. The zero-order valence-corrected chi connectivity index (χ0v) is 9.50. The van der Waals surface area contributed by atoms with Crippen molar-refractivity contribution >= 4 is 15.9 Å². The van der Waals surface area contributed by atoms with Crippen LogP contribution in [0.1, 0.15) is 12.0 Å². The molecule has 1 fully saturated rings. The summed E-state index contributed by atoms with van der Waals surface area (Å²) in [6.45, 7) is 0.847. The van der Waals surface area contributed by atoms with Gasteiger partial charge in [0.2, 0.25) is 0 Å². The van der Waals surface area contributed by atoms with Gasteiger partial charge in [-0.05, 0) is 24.0 Å². The molecular weight excluding hydrogens is 242 g/mol. The maximum Gasteiger partial charge on any atom is 0.0468 e. The van der Waals surface area contributed by atoms with Gasteiger partial charge in [-0.25, -0.2) is 0 Å². The Morgan fingerprint density at radius 2 is 2.21 bits per heavy atom. The fraction of sp³-hybridized carbons (Fsp3) is 0.455. The van der Waals surface area contributed by atoms with Gasteiger partial charge < -0.3 is 10.8 Å². The Labute approximate surface area is 92.3 Å². The van der Waals surface area contributed by atoms with Crippen molar-refractivity contribution in [3.05, 3.63) is 34.3 Å². The molecule has 1 aliphatic carbocycles. The number of hydrogen-bond donors (Lipinski definition) is 2. The number of nitrogens with two attached hydrogens (primary N) is 1. The van der Waals surface area contributed by atoms with E-state index in [0.29, 0.717) is 12.5 Å². The zero-order valence-electron chi connectivity index (χ0n) is 7.91. The summed E-state index contributed by atoms with van der Waals surface area (Å²) in [7, 11) is 0. The molecule has 3 heteroatoms. The maximum atomic E-state index is 9.15. The van der Waals surface area contributed by atoms with E-state index < -0.39 is 0 Å². The normalized spacial score (nSPS) is 30.4. The second-order valence-corrected chi connectivity index (χ2v) is 4.78. The predicted octanol–water partition coefficient (Wildman–Crippen LogP) is 1.66. The Bertz CT molecular complexity index is 342. The van der Waals surface area contributed by atoms with Crippen molar-refractivity contribution in [2.24, 2.45) is 11.7 Å². The van der Waals surface area contributed by atoms with E-state index in [-0.39, 0.29) is 12.0 Å². The van der Waals surface area contributed by atoms with Crippen LogP contribution < -0.4 is 5.73 Å². The summed E-state index contributed by atoms with van der Waals surface area (Å²) in [5.74, 6) is 0.339. The smallest absolute Gasteiger partial charge is 0.0468 e. The van der Waals surface area contributed by atoms with Gasteiger partial charge >= 0.3 is 0 Å². The molecule has 0 radical (unpaired) electrons. The minimum Gasteiger partial charge on any atom is -0.396 e. The van der Waals surface area contributed by atoms with Gasteiger partial charge in [-0.2, -0.15) is 0 Å². The van der Waals surface area contributed by atoms with Gasteiger partial charge in [-0.3, -0.25) is 0 Å². The van der Waals surface area contributed by atoms with E-state index in [1.54, 1.807) is 0 Å². The Kier molecular flexibility index (Phi) is 2.64. The minimum absolute atomic E-state index is 0.0227. The minimum atomic E-state index is 0.0227. The quantitative estimate of drug-likeness (QED) is 0.863. The number of aliphatic hydroxyl groups excluding tert-OH is 1. The number of aliphatic hydroxyl groups is 1. The van der Waals surface area contributed by atoms with Gasteiger partial charge in [-0.1, -0.05) is 34.1 Å². The van der Waals surface area contributed by atoms with Crippen LogP contribution in [0.25, 0.3) is 0 Å². The molecule has 2 nitrogen and oxygen atoms in total. The van der Waals surface area contributed by atoms with Crippen molar-refractivity contribution in [3.63, 3.8) is 0 Å². The topological polar surface area (TPSA) is 46.2 Å². The highest BCUT2D eigenvalue weighted by Crippen LogP contribution is 2.54. The molecule has 0 heterocycles. The van der Waals surface area contributed by atoms with Gasteiger partial charge in [0.15, 0.2) is 0 Å². The van der Waals surface area contributed by atoms with Gasteiger partial charge in [-0.15, -0.1) is 0 Å². The Balaban J connectivity index is 2.35. The van der Waals surface area contributed by atoms with Crippen molar-refractivity contribution in [2.45, 2.75) is 11.8 Å². The van der Waals surface area contributed by atoms with Crippen LogP contribution in [0.2, 0.25) is 0 Å². The summed E-state index contributed by atoms with van der Waals surface area (Å²) in [5, 5.41) is 9.15. The van der Waals surface area contributed by atoms with Crippen LogP contribution in [0.4, 0.5) is 0 Å². The van der Waals surface area contributed by atoms with Crippen LogP contribution >= 0.6 is 15.9 Å². The Morgan fingerprint density at radius 3 is 2.71 bits per heavy atom. The summed E-state index contributed by atoms with van der Waals surface area (Å²) in [6, 6.07) is 8.13. The molecule has 2 unspecified atom stereocenters. The van der Waals surface area contributed by atoms with Crippen LogP contribution in [0.3, 0.4) is 0 Å². The highest BCUT2D eigenvalue weighted by molar-refractivity contribution is 9.10. The first-order valence-corrected chi connectivity index (χ1v) is 5.60. The number of halogens is 1. The molecule has 0 bridgehead atoms. The molecule has 2 rings (SSSR count). The standard InChI is InChI=1S/C11H14BrNO/c12-10-4-2-1-3-9(10)11(7-13)5-8(11)6-14/h1-4,8,14H,5-7,13H2. The van der Waals surface area contributed by atoms with E-state index in [1.165, 1.54) is 5.56 Å². The molecule has 2 atom stereocenters. The van der Waals surface area contributed by atoms with Gasteiger partial charge in [0.05, 0.1) is 0 Å². The molecule has 0 spiro atoms. The van der Waals surface area contributed by atoms with Gasteiger partial charge in [0, 0.05) is 23.0 Å². The molecule has 14 heavy (non-hydrogen) atoms. The van der Waals surface area contributed by atoms with Gasteiger partial charge in [0.25, 0.3) is 0 Å². The molecule has 76 valence electrons. The van der Waals surface area contributed by atoms with Crippen LogP contribution in [0, 0.1) is 5.92 Å². The molecule has 1 saturated carbocycles. The summed E-state index contributed by atoms with van der Waals surface area (Å²) >= 11 is 3.53. The average Bonchev–Trinajstić information content (AvgIpc) is 2.93. The molecule has 0 aliphatic heterocycles. The van der Waals surface area contributed by atoms with Crippen LogP contribution in [0.15, 0.2) is 28.7 Å². The number of benzene rings is 1. The van der Waals surface area contributed by atoms with E-state index in [0.717, 1.165) is 10.9 Å². The lowest BCUT2D eigenvalue weighted by Gasteiger charge is -2.16. The fourth-order valence-electron chi connectivity index (χ4n) is 2.17. The van der Waals surface area contributed by atoms with E-state index >= 15 is 0 Å². The van der Waals surface area contributed by atoms with E-state index in [4.69, 9.17) is 10.8 Å². The molecule has 0 amide bonds. The van der Waals surface area contributed by atoms with Crippen molar-refractivity contribution in [2.75, 3.05) is 13.2 Å². The third-order valence-corrected chi connectivity index (χ3v) is 3.92. The van der Waals surface area contributed by atoms with Crippen molar-refractivity contribution in [1.82, 2.24) is 0 Å². The van der Waals surface area contributed by atoms with Crippen molar-refractivity contribution in [1.29, 1.82) is 0 Å². The van der Waals surface area contributed by atoms with Crippen LogP contribution in [-0.4, -0.2) is 18.3 Å². The monoisotopic (exact) mass is 255 g/mol. The molecular formula is C11H14BrNO. The SMILES string of the molecule is NCC1(c2ccccc2Br)CC1CO.